The minimum Gasteiger partial charge on any atom is -0.356 e. The van der Waals surface area contributed by atoms with Crippen molar-refractivity contribution in [3.8, 4) is 0 Å². The molecular weight excluding hydrogens is 312 g/mol. The highest BCUT2D eigenvalue weighted by Crippen LogP contribution is 2.56. The molecule has 3 aliphatic rings. The lowest BCUT2D eigenvalue weighted by atomic mass is 10.0. The van der Waals surface area contributed by atoms with Crippen LogP contribution in [0.15, 0.2) is 6.07 Å². The van der Waals surface area contributed by atoms with Crippen LogP contribution in [-0.4, -0.2) is 47.0 Å². The monoisotopic (exact) mass is 342 g/mol. The van der Waals surface area contributed by atoms with Gasteiger partial charge in [-0.15, -0.1) is 0 Å². The number of piperidine rings is 1. The van der Waals surface area contributed by atoms with Crippen molar-refractivity contribution in [1.82, 2.24) is 14.9 Å². The smallest absolute Gasteiger partial charge is 0.226 e. The second-order valence-electron chi connectivity index (χ2n) is 8.22. The third-order valence-corrected chi connectivity index (χ3v) is 6.58. The van der Waals surface area contributed by atoms with Gasteiger partial charge in [0.05, 0.1) is 0 Å². The maximum atomic E-state index is 12.9. The van der Waals surface area contributed by atoms with Crippen molar-refractivity contribution in [2.75, 3.05) is 25.0 Å². The molecule has 136 valence electrons. The standard InChI is InChI=1S/C20H30N4O/c1-13-12-18(22-14(2)21-13)24-10-8-15(9-11-24)23(3)20(25)19-16-6-4-5-7-17(16)19/h12,15-17,19H,4-11H2,1-3H3/t16-,17-/m0/s1. The van der Waals surface area contributed by atoms with Gasteiger partial charge in [-0.3, -0.25) is 4.79 Å². The Kier molecular flexibility index (Phi) is 4.42. The molecule has 25 heavy (non-hydrogen) atoms. The van der Waals surface area contributed by atoms with Crippen LogP contribution in [0.1, 0.15) is 50.0 Å². The van der Waals surface area contributed by atoms with Gasteiger partial charge in [-0.2, -0.15) is 0 Å². The number of rotatable bonds is 3. The van der Waals surface area contributed by atoms with Crippen LogP contribution in [0, 0.1) is 31.6 Å². The summed E-state index contributed by atoms with van der Waals surface area (Å²) in [4.78, 5) is 26.3. The second-order valence-corrected chi connectivity index (χ2v) is 8.22. The fourth-order valence-corrected chi connectivity index (χ4v) is 5.12. The van der Waals surface area contributed by atoms with Crippen LogP contribution >= 0.6 is 0 Å². The fourth-order valence-electron chi connectivity index (χ4n) is 5.12. The second kappa shape index (κ2) is 6.58. The minimum absolute atomic E-state index is 0.345. The molecule has 2 aliphatic carbocycles. The Morgan fingerprint density at radius 3 is 2.32 bits per heavy atom. The molecule has 2 saturated carbocycles. The number of hydrogen-bond acceptors (Lipinski definition) is 4. The first-order valence-corrected chi connectivity index (χ1v) is 9.88. The summed E-state index contributed by atoms with van der Waals surface area (Å²) >= 11 is 0. The van der Waals surface area contributed by atoms with E-state index in [0.717, 1.165) is 43.3 Å². The van der Waals surface area contributed by atoms with E-state index in [1.165, 1.54) is 25.7 Å². The number of aryl methyl sites for hydroxylation is 2. The van der Waals surface area contributed by atoms with Crippen LogP contribution in [0.5, 0.6) is 0 Å². The van der Waals surface area contributed by atoms with Crippen LogP contribution in [0.3, 0.4) is 0 Å². The van der Waals surface area contributed by atoms with Gasteiger partial charge in [-0.25, -0.2) is 9.97 Å². The van der Waals surface area contributed by atoms with Gasteiger partial charge in [0.15, 0.2) is 0 Å². The summed E-state index contributed by atoms with van der Waals surface area (Å²) in [6.07, 6.45) is 7.27. The van der Waals surface area contributed by atoms with Gasteiger partial charge in [-0.05, 0) is 51.4 Å². The molecular formula is C20H30N4O. The maximum absolute atomic E-state index is 12.9. The van der Waals surface area contributed by atoms with E-state index in [0.29, 0.717) is 29.7 Å². The van der Waals surface area contributed by atoms with E-state index in [9.17, 15) is 4.79 Å². The molecule has 1 aromatic rings. The summed E-state index contributed by atoms with van der Waals surface area (Å²) in [6, 6.07) is 2.45. The van der Waals surface area contributed by atoms with Crippen LogP contribution in [0.25, 0.3) is 0 Å². The molecule has 0 bridgehead atoms. The Morgan fingerprint density at radius 1 is 1.08 bits per heavy atom. The van der Waals surface area contributed by atoms with Crippen molar-refractivity contribution < 1.29 is 4.79 Å². The highest BCUT2D eigenvalue weighted by atomic mass is 16.2. The highest BCUT2D eigenvalue weighted by Gasteiger charge is 2.55. The SMILES string of the molecule is Cc1cc(N2CCC(N(C)C(=O)C3[C@H]4CCCC[C@H]34)CC2)nc(C)n1. The molecule has 2 atom stereocenters. The van der Waals surface area contributed by atoms with E-state index < -0.39 is 0 Å². The van der Waals surface area contributed by atoms with Crippen molar-refractivity contribution >= 4 is 11.7 Å². The Morgan fingerprint density at radius 2 is 1.72 bits per heavy atom. The molecule has 2 heterocycles. The van der Waals surface area contributed by atoms with Crippen molar-refractivity contribution in [1.29, 1.82) is 0 Å². The summed E-state index contributed by atoms with van der Waals surface area (Å²) in [5.74, 6) is 4.04. The van der Waals surface area contributed by atoms with Gasteiger partial charge in [0.2, 0.25) is 5.91 Å². The molecule has 0 unspecified atom stereocenters. The number of anilines is 1. The molecule has 1 amide bonds. The first-order chi connectivity index (χ1) is 12.0. The van der Waals surface area contributed by atoms with Crippen molar-refractivity contribution in [2.45, 2.75) is 58.4 Å². The molecule has 5 heteroatoms. The van der Waals surface area contributed by atoms with E-state index in [-0.39, 0.29) is 0 Å². The first-order valence-electron chi connectivity index (χ1n) is 9.88. The van der Waals surface area contributed by atoms with Crippen LogP contribution in [0.2, 0.25) is 0 Å². The number of carbonyl (C=O) groups excluding carboxylic acids is 1. The fraction of sp³-hybridized carbons (Fsp3) is 0.750. The van der Waals surface area contributed by atoms with E-state index >= 15 is 0 Å². The highest BCUT2D eigenvalue weighted by molar-refractivity contribution is 5.82. The molecule has 0 spiro atoms. The van der Waals surface area contributed by atoms with Crippen molar-refractivity contribution in [3.05, 3.63) is 17.6 Å². The predicted octanol–water partition coefficient (Wildman–Crippen LogP) is 2.96. The van der Waals surface area contributed by atoms with Crippen LogP contribution < -0.4 is 4.90 Å². The molecule has 3 fully saturated rings. The maximum Gasteiger partial charge on any atom is 0.226 e. The first kappa shape index (κ1) is 16.8. The number of aromatic nitrogens is 2. The molecule has 1 aromatic heterocycles. The summed E-state index contributed by atoms with van der Waals surface area (Å²) in [5.41, 5.74) is 1.02. The number of fused-ring (bicyclic) bond motifs is 1. The van der Waals surface area contributed by atoms with E-state index in [2.05, 4.69) is 25.8 Å². The quantitative estimate of drug-likeness (QED) is 0.847. The van der Waals surface area contributed by atoms with Crippen LogP contribution in [0.4, 0.5) is 5.82 Å². The van der Waals surface area contributed by atoms with Gasteiger partial charge in [0, 0.05) is 43.9 Å². The zero-order valence-corrected chi connectivity index (χ0v) is 15.7. The molecule has 0 radical (unpaired) electrons. The number of amides is 1. The number of hydrogen-bond donors (Lipinski definition) is 0. The molecule has 0 aromatic carbocycles. The Labute approximate surface area is 150 Å². The average molecular weight is 342 g/mol. The summed E-state index contributed by atoms with van der Waals surface area (Å²) < 4.78 is 0. The topological polar surface area (TPSA) is 49.3 Å². The lowest BCUT2D eigenvalue weighted by Crippen LogP contribution is -2.46. The van der Waals surface area contributed by atoms with Gasteiger partial charge < -0.3 is 9.80 Å². The Balaban J connectivity index is 1.34. The van der Waals surface area contributed by atoms with Gasteiger partial charge in [-0.1, -0.05) is 12.8 Å². The Hall–Kier alpha value is -1.65. The molecule has 4 rings (SSSR count). The van der Waals surface area contributed by atoms with Gasteiger partial charge >= 0.3 is 0 Å². The largest absolute Gasteiger partial charge is 0.356 e. The zero-order chi connectivity index (χ0) is 17.6. The normalized spacial score (nSPS) is 29.2. The van der Waals surface area contributed by atoms with Crippen molar-refractivity contribution in [3.63, 3.8) is 0 Å². The minimum atomic E-state index is 0.345. The van der Waals surface area contributed by atoms with Gasteiger partial charge in [0.25, 0.3) is 0 Å². The zero-order valence-electron chi connectivity index (χ0n) is 15.7. The molecule has 1 saturated heterocycles. The van der Waals surface area contributed by atoms with E-state index in [1.54, 1.807) is 0 Å². The molecule has 5 nitrogen and oxygen atoms in total. The number of carbonyl (C=O) groups is 1. The summed E-state index contributed by atoms with van der Waals surface area (Å²) in [5, 5.41) is 0. The van der Waals surface area contributed by atoms with E-state index in [1.807, 2.05) is 20.9 Å². The summed E-state index contributed by atoms with van der Waals surface area (Å²) in [7, 11) is 2.03. The van der Waals surface area contributed by atoms with Crippen LogP contribution in [-0.2, 0) is 4.79 Å². The predicted molar refractivity (Wildman–Crippen MR) is 98.4 cm³/mol. The van der Waals surface area contributed by atoms with E-state index in [4.69, 9.17) is 0 Å². The molecule has 1 aliphatic heterocycles. The third kappa shape index (κ3) is 3.25. The Bertz CT molecular complexity index is 621. The third-order valence-electron chi connectivity index (χ3n) is 6.58. The van der Waals surface area contributed by atoms with Gasteiger partial charge in [0.1, 0.15) is 11.6 Å². The molecule has 0 N–H and O–H groups in total. The lowest BCUT2D eigenvalue weighted by molar-refractivity contribution is -0.134. The van der Waals surface area contributed by atoms with Crippen molar-refractivity contribution in [2.24, 2.45) is 17.8 Å². The number of nitrogens with zero attached hydrogens (tertiary/aromatic N) is 4. The summed E-state index contributed by atoms with van der Waals surface area (Å²) in [6.45, 7) is 5.91. The average Bonchev–Trinajstić information content (AvgIpc) is 3.34. The lowest BCUT2D eigenvalue weighted by Gasteiger charge is -2.37.